The van der Waals surface area contributed by atoms with E-state index < -0.39 is 51.1 Å². The maximum atomic E-state index is 12.6. The zero-order chi connectivity index (χ0) is 43.5. The van der Waals surface area contributed by atoms with Crippen LogP contribution >= 0.6 is 7.82 Å². The van der Waals surface area contributed by atoms with Gasteiger partial charge in [-0.3, -0.25) is 23.4 Å². The summed E-state index contributed by atoms with van der Waals surface area (Å²) in [7, 11) is -4.73. The molecule has 0 bridgehead atoms. The standard InChI is InChI=1S/C46H82NO11P/c1-2-3-4-5-6-7-8-9-10-12-16-19-22-25-28-31-34-37-45(50)58-42(40-56-59(53,54)57-41-43(47)46(51)52)39-55-44(49)36-33-30-27-24-21-18-15-13-11-14-17-20-23-26-29-32-35-38-48/h11,14-15,18,20,23-24,27,42-43,48H,2-10,12-13,16-17,19,21-22,25-26,28-41,47H2,1H3,(H,51,52)(H,53,54)/b14-11-,18-15-,23-20-,27-24-/t42-,43+/m1/s1. The van der Waals surface area contributed by atoms with E-state index in [9.17, 15) is 23.8 Å². The molecule has 0 aromatic heterocycles. The van der Waals surface area contributed by atoms with Crippen molar-refractivity contribution < 1.29 is 52.6 Å². The number of carboxylic acids is 1. The quantitative estimate of drug-likeness (QED) is 0.0197. The number of allylic oxidation sites excluding steroid dienone is 8. The number of ether oxygens (including phenoxy) is 2. The zero-order valence-corrected chi connectivity index (χ0v) is 37.4. The minimum atomic E-state index is -4.73. The van der Waals surface area contributed by atoms with Crippen molar-refractivity contribution in [1.82, 2.24) is 0 Å². The van der Waals surface area contributed by atoms with Crippen molar-refractivity contribution in [1.29, 1.82) is 0 Å². The van der Waals surface area contributed by atoms with Crippen molar-refractivity contribution in [2.75, 3.05) is 26.4 Å². The van der Waals surface area contributed by atoms with Crippen LogP contribution in [0.15, 0.2) is 48.6 Å². The van der Waals surface area contributed by atoms with Gasteiger partial charge in [-0.2, -0.15) is 0 Å². The highest BCUT2D eigenvalue weighted by Crippen LogP contribution is 2.43. The molecule has 0 aliphatic rings. The third-order valence-electron chi connectivity index (χ3n) is 9.63. The fourth-order valence-corrected chi connectivity index (χ4v) is 6.82. The fraction of sp³-hybridized carbons (Fsp3) is 0.761. The number of carboxylic acid groups (broad SMARTS) is 1. The molecule has 0 aliphatic heterocycles. The van der Waals surface area contributed by atoms with Crippen LogP contribution in [0.5, 0.6) is 0 Å². The average molecular weight is 856 g/mol. The lowest BCUT2D eigenvalue weighted by atomic mass is 10.0. The number of carbonyl (C=O) groups excluding carboxylic acids is 2. The van der Waals surface area contributed by atoms with Gasteiger partial charge < -0.3 is 30.3 Å². The lowest BCUT2D eigenvalue weighted by molar-refractivity contribution is -0.161. The summed E-state index contributed by atoms with van der Waals surface area (Å²) in [6.45, 7) is 0.767. The van der Waals surface area contributed by atoms with E-state index in [0.29, 0.717) is 19.3 Å². The van der Waals surface area contributed by atoms with Crippen molar-refractivity contribution in [3.63, 3.8) is 0 Å². The summed E-state index contributed by atoms with van der Waals surface area (Å²) >= 11 is 0. The molecule has 12 nitrogen and oxygen atoms in total. The van der Waals surface area contributed by atoms with Crippen LogP contribution in [0.1, 0.15) is 187 Å². The summed E-state index contributed by atoms with van der Waals surface area (Å²) in [5.41, 5.74) is 5.33. The van der Waals surface area contributed by atoms with Gasteiger partial charge in [0.15, 0.2) is 6.10 Å². The van der Waals surface area contributed by atoms with Crippen molar-refractivity contribution in [2.24, 2.45) is 5.73 Å². The van der Waals surface area contributed by atoms with Gasteiger partial charge in [0.1, 0.15) is 12.6 Å². The predicted molar refractivity (Wildman–Crippen MR) is 237 cm³/mol. The fourth-order valence-electron chi connectivity index (χ4n) is 6.04. The van der Waals surface area contributed by atoms with Gasteiger partial charge in [0, 0.05) is 19.4 Å². The Bertz CT molecular complexity index is 1190. The second kappa shape index (κ2) is 42.1. The summed E-state index contributed by atoms with van der Waals surface area (Å²) in [6.07, 6.45) is 44.8. The molecule has 0 saturated heterocycles. The number of rotatable bonds is 43. The number of phosphoric acid groups is 1. The Kier molecular flexibility index (Phi) is 40.2. The molecule has 0 rings (SSSR count). The molecule has 0 fully saturated rings. The van der Waals surface area contributed by atoms with Gasteiger partial charge in [0.05, 0.1) is 13.2 Å². The van der Waals surface area contributed by atoms with Crippen LogP contribution in [0, 0.1) is 0 Å². The van der Waals surface area contributed by atoms with Crippen LogP contribution in [0.4, 0.5) is 0 Å². The Hall–Kier alpha value is -2.60. The molecule has 0 radical (unpaired) electrons. The lowest BCUT2D eigenvalue weighted by Crippen LogP contribution is -2.34. The third kappa shape index (κ3) is 41.9. The molecular weight excluding hydrogens is 773 g/mol. The van der Waals surface area contributed by atoms with Gasteiger partial charge in [-0.05, 0) is 57.8 Å². The summed E-state index contributed by atoms with van der Waals surface area (Å²) in [5.74, 6) is -2.46. The molecule has 5 N–H and O–H groups in total. The Morgan fingerprint density at radius 1 is 0.559 bits per heavy atom. The molecule has 3 atom stereocenters. The Morgan fingerprint density at radius 2 is 0.983 bits per heavy atom. The minimum absolute atomic E-state index is 0.136. The van der Waals surface area contributed by atoms with Crippen LogP contribution in [0.3, 0.4) is 0 Å². The summed E-state index contributed by atoms with van der Waals surface area (Å²) in [5, 5.41) is 17.7. The molecule has 0 aromatic carbocycles. The summed E-state index contributed by atoms with van der Waals surface area (Å²) in [4.78, 5) is 46.0. The first-order valence-corrected chi connectivity index (χ1v) is 24.3. The number of carbonyl (C=O) groups is 3. The van der Waals surface area contributed by atoms with Crippen molar-refractivity contribution in [3.05, 3.63) is 48.6 Å². The molecule has 0 aliphatic carbocycles. The highest BCUT2D eigenvalue weighted by Gasteiger charge is 2.28. The second-order valence-electron chi connectivity index (χ2n) is 15.3. The number of phosphoric ester groups is 1. The van der Waals surface area contributed by atoms with E-state index in [1.165, 1.54) is 83.5 Å². The molecule has 13 heteroatoms. The molecule has 1 unspecified atom stereocenters. The number of aliphatic hydroxyl groups excluding tert-OH is 1. The monoisotopic (exact) mass is 856 g/mol. The average Bonchev–Trinajstić information content (AvgIpc) is 3.21. The van der Waals surface area contributed by atoms with Crippen LogP contribution in [0.2, 0.25) is 0 Å². The molecule has 0 saturated carbocycles. The van der Waals surface area contributed by atoms with Gasteiger partial charge in [-0.25, -0.2) is 4.57 Å². The first kappa shape index (κ1) is 56.4. The molecule has 0 amide bonds. The number of nitrogens with two attached hydrogens (primary N) is 1. The van der Waals surface area contributed by atoms with E-state index >= 15 is 0 Å². The SMILES string of the molecule is CCCCCCCCCCCCCCCCCCCC(=O)O[C@H](COC(=O)CCC/C=C\C/C=C\C/C=C\C/C=C\CCCCCO)COP(=O)(O)OC[C@H](N)C(=O)O. The molecule has 0 aromatic rings. The maximum Gasteiger partial charge on any atom is 0.472 e. The largest absolute Gasteiger partial charge is 0.480 e. The Labute approximate surface area is 357 Å². The summed E-state index contributed by atoms with van der Waals surface area (Å²) < 4.78 is 32.7. The van der Waals surface area contributed by atoms with E-state index in [4.69, 9.17) is 29.9 Å². The van der Waals surface area contributed by atoms with Gasteiger partial charge in [-0.15, -0.1) is 0 Å². The number of hydrogen-bond donors (Lipinski definition) is 4. The van der Waals surface area contributed by atoms with Crippen LogP contribution in [-0.2, 0) is 37.5 Å². The highest BCUT2D eigenvalue weighted by atomic mass is 31.2. The number of esters is 2. The molecule has 0 heterocycles. The minimum Gasteiger partial charge on any atom is -0.480 e. The highest BCUT2D eigenvalue weighted by molar-refractivity contribution is 7.47. The van der Waals surface area contributed by atoms with Gasteiger partial charge in [0.25, 0.3) is 0 Å². The van der Waals surface area contributed by atoms with E-state index in [0.717, 1.165) is 64.2 Å². The number of aliphatic carboxylic acids is 1. The molecule has 59 heavy (non-hydrogen) atoms. The summed E-state index contributed by atoms with van der Waals surface area (Å²) in [6, 6.07) is -1.53. The number of hydrogen-bond acceptors (Lipinski definition) is 10. The normalized spacial score (nSPS) is 14.1. The first-order chi connectivity index (χ1) is 28.6. The van der Waals surface area contributed by atoms with Crippen molar-refractivity contribution in [3.8, 4) is 0 Å². The molecule has 0 spiro atoms. The first-order valence-electron chi connectivity index (χ1n) is 22.8. The number of unbranched alkanes of at least 4 members (excludes halogenated alkanes) is 20. The third-order valence-corrected chi connectivity index (χ3v) is 10.6. The van der Waals surface area contributed by atoms with Crippen LogP contribution < -0.4 is 5.73 Å². The zero-order valence-electron chi connectivity index (χ0n) is 36.5. The lowest BCUT2D eigenvalue weighted by Gasteiger charge is -2.20. The number of aliphatic hydroxyl groups is 1. The Morgan fingerprint density at radius 3 is 1.47 bits per heavy atom. The molecule has 342 valence electrons. The predicted octanol–water partition coefficient (Wildman–Crippen LogP) is 11.1. The van der Waals surface area contributed by atoms with Gasteiger partial charge in [0.2, 0.25) is 0 Å². The maximum absolute atomic E-state index is 12.6. The van der Waals surface area contributed by atoms with E-state index in [-0.39, 0.29) is 26.1 Å². The van der Waals surface area contributed by atoms with E-state index in [1.807, 2.05) is 12.2 Å². The van der Waals surface area contributed by atoms with Crippen LogP contribution in [-0.4, -0.2) is 71.6 Å². The van der Waals surface area contributed by atoms with Gasteiger partial charge in [-0.1, -0.05) is 165 Å². The van der Waals surface area contributed by atoms with E-state index in [1.54, 1.807) is 0 Å². The van der Waals surface area contributed by atoms with Crippen molar-refractivity contribution >= 4 is 25.7 Å². The topological polar surface area (TPSA) is 192 Å². The van der Waals surface area contributed by atoms with E-state index in [2.05, 4.69) is 47.9 Å². The smallest absolute Gasteiger partial charge is 0.472 e. The van der Waals surface area contributed by atoms with Gasteiger partial charge >= 0.3 is 25.7 Å². The van der Waals surface area contributed by atoms with Crippen molar-refractivity contribution in [2.45, 2.75) is 199 Å². The van der Waals surface area contributed by atoms with Crippen LogP contribution in [0.25, 0.3) is 0 Å². The second-order valence-corrected chi connectivity index (χ2v) is 16.7. The molecular formula is C46H82NO11P. The Balaban J connectivity index is 4.40.